The maximum Gasteiger partial charge on any atom is 0.305 e. The highest BCUT2D eigenvalue weighted by molar-refractivity contribution is 6.21. The molecular formula is C8H3FN2O4. The van der Waals surface area contributed by atoms with Crippen LogP contribution >= 0.6 is 0 Å². The standard InChI is InChI=1S/C8H3FN2O4/c9-5-1-3-4(2-6(5)11(14)15)8(13)10-7(3)12/h1-2H,(H,10,12,13). The van der Waals surface area contributed by atoms with Gasteiger partial charge in [-0.15, -0.1) is 0 Å². The molecule has 0 saturated carbocycles. The molecule has 1 aromatic carbocycles. The zero-order valence-electron chi connectivity index (χ0n) is 7.11. The molecule has 7 heteroatoms. The molecule has 1 aliphatic heterocycles. The van der Waals surface area contributed by atoms with Crippen molar-refractivity contribution in [3.63, 3.8) is 0 Å². The lowest BCUT2D eigenvalue weighted by molar-refractivity contribution is -0.387. The second kappa shape index (κ2) is 2.84. The van der Waals surface area contributed by atoms with E-state index in [0.29, 0.717) is 6.07 Å². The zero-order valence-corrected chi connectivity index (χ0v) is 7.11. The van der Waals surface area contributed by atoms with E-state index in [1.807, 2.05) is 5.32 Å². The summed E-state index contributed by atoms with van der Waals surface area (Å²) in [5.74, 6) is -2.63. The van der Waals surface area contributed by atoms with Crippen LogP contribution in [0, 0.1) is 15.9 Å². The van der Waals surface area contributed by atoms with Gasteiger partial charge in [0.1, 0.15) is 0 Å². The van der Waals surface area contributed by atoms with Crippen molar-refractivity contribution in [2.45, 2.75) is 0 Å². The Morgan fingerprint density at radius 3 is 2.27 bits per heavy atom. The number of hydrogen-bond donors (Lipinski definition) is 1. The summed E-state index contributed by atoms with van der Waals surface area (Å²) in [4.78, 5) is 31.5. The Hall–Kier alpha value is -2.31. The summed E-state index contributed by atoms with van der Waals surface area (Å²) in [6.07, 6.45) is 0. The van der Waals surface area contributed by atoms with Gasteiger partial charge in [-0.2, -0.15) is 4.39 Å². The van der Waals surface area contributed by atoms with Crippen molar-refractivity contribution in [1.29, 1.82) is 0 Å². The number of benzene rings is 1. The molecule has 6 nitrogen and oxygen atoms in total. The first-order valence-electron chi connectivity index (χ1n) is 3.84. The second-order valence-corrected chi connectivity index (χ2v) is 2.89. The molecule has 0 radical (unpaired) electrons. The summed E-state index contributed by atoms with van der Waals surface area (Å²) >= 11 is 0. The van der Waals surface area contributed by atoms with Crippen molar-refractivity contribution in [1.82, 2.24) is 5.32 Å². The molecule has 15 heavy (non-hydrogen) atoms. The largest absolute Gasteiger partial charge is 0.305 e. The van der Waals surface area contributed by atoms with E-state index >= 15 is 0 Å². The number of carbonyl (C=O) groups excluding carboxylic acids is 2. The van der Waals surface area contributed by atoms with Crippen LogP contribution in [-0.2, 0) is 0 Å². The molecule has 1 heterocycles. The number of amides is 2. The van der Waals surface area contributed by atoms with E-state index in [9.17, 15) is 24.1 Å². The molecule has 0 aromatic heterocycles. The van der Waals surface area contributed by atoms with Crippen molar-refractivity contribution in [2.24, 2.45) is 0 Å². The fourth-order valence-corrected chi connectivity index (χ4v) is 1.32. The van der Waals surface area contributed by atoms with Crippen molar-refractivity contribution in [3.05, 3.63) is 39.2 Å². The minimum absolute atomic E-state index is 0.173. The lowest BCUT2D eigenvalue weighted by atomic mass is 10.1. The van der Waals surface area contributed by atoms with Gasteiger partial charge in [-0.25, -0.2) is 0 Å². The lowest BCUT2D eigenvalue weighted by Crippen LogP contribution is -2.19. The summed E-state index contributed by atoms with van der Waals surface area (Å²) in [6, 6.07) is 1.44. The highest BCUT2D eigenvalue weighted by Crippen LogP contribution is 2.25. The van der Waals surface area contributed by atoms with E-state index in [2.05, 4.69) is 0 Å². The molecule has 0 unspecified atom stereocenters. The summed E-state index contributed by atoms with van der Waals surface area (Å²) < 4.78 is 13.1. The van der Waals surface area contributed by atoms with E-state index < -0.39 is 28.2 Å². The lowest BCUT2D eigenvalue weighted by Gasteiger charge is -1.96. The van der Waals surface area contributed by atoms with Gasteiger partial charge in [0.05, 0.1) is 16.1 Å². The average molecular weight is 210 g/mol. The van der Waals surface area contributed by atoms with Gasteiger partial charge in [0.15, 0.2) is 0 Å². The van der Waals surface area contributed by atoms with Gasteiger partial charge in [-0.05, 0) is 6.07 Å². The number of halogens is 1. The van der Waals surface area contributed by atoms with Crippen molar-refractivity contribution in [3.8, 4) is 0 Å². The van der Waals surface area contributed by atoms with Crippen LogP contribution in [0.5, 0.6) is 0 Å². The van der Waals surface area contributed by atoms with Crippen molar-refractivity contribution in [2.75, 3.05) is 0 Å². The number of nitro groups is 1. The van der Waals surface area contributed by atoms with Gasteiger partial charge in [0.2, 0.25) is 5.82 Å². The zero-order chi connectivity index (χ0) is 11.2. The molecule has 1 N–H and O–H groups in total. The third kappa shape index (κ3) is 1.25. The normalized spacial score (nSPS) is 13.7. The maximum atomic E-state index is 13.1. The molecule has 2 amide bonds. The van der Waals surface area contributed by atoms with Crippen LogP contribution in [0.2, 0.25) is 0 Å². The third-order valence-electron chi connectivity index (χ3n) is 2.00. The maximum absolute atomic E-state index is 13.1. The van der Waals surface area contributed by atoms with Crippen molar-refractivity contribution >= 4 is 17.5 Å². The van der Waals surface area contributed by atoms with E-state index in [0.717, 1.165) is 6.07 Å². The molecule has 0 atom stereocenters. The molecule has 0 fully saturated rings. The Morgan fingerprint density at radius 2 is 1.73 bits per heavy atom. The summed E-state index contributed by atoms with van der Waals surface area (Å²) in [7, 11) is 0. The first-order chi connectivity index (χ1) is 7.00. The van der Waals surface area contributed by atoms with Gasteiger partial charge in [-0.3, -0.25) is 25.0 Å². The number of hydrogen-bond acceptors (Lipinski definition) is 4. The smallest absolute Gasteiger partial charge is 0.288 e. The molecule has 0 bridgehead atoms. The molecule has 76 valence electrons. The monoisotopic (exact) mass is 210 g/mol. The number of fused-ring (bicyclic) bond motifs is 1. The predicted molar refractivity (Wildman–Crippen MR) is 44.9 cm³/mol. The van der Waals surface area contributed by atoms with Gasteiger partial charge in [0.25, 0.3) is 11.8 Å². The van der Waals surface area contributed by atoms with E-state index in [4.69, 9.17) is 0 Å². The topological polar surface area (TPSA) is 89.3 Å². The minimum Gasteiger partial charge on any atom is -0.288 e. The summed E-state index contributed by atoms with van der Waals surface area (Å²) in [6.45, 7) is 0. The number of rotatable bonds is 1. The first kappa shape index (κ1) is 9.25. The van der Waals surface area contributed by atoms with Crippen LogP contribution in [0.4, 0.5) is 10.1 Å². The van der Waals surface area contributed by atoms with Crippen LogP contribution in [0.3, 0.4) is 0 Å². The number of nitro benzene ring substituents is 1. The highest BCUT2D eigenvalue weighted by Gasteiger charge is 2.31. The molecule has 0 aliphatic carbocycles. The van der Waals surface area contributed by atoms with Crippen LogP contribution < -0.4 is 5.32 Å². The Balaban J connectivity index is 2.70. The summed E-state index contributed by atoms with van der Waals surface area (Å²) in [5.41, 5.74) is -1.17. The molecule has 1 aromatic rings. The molecule has 2 rings (SSSR count). The van der Waals surface area contributed by atoms with Crippen LogP contribution in [0.1, 0.15) is 20.7 Å². The van der Waals surface area contributed by atoms with Gasteiger partial charge in [0, 0.05) is 6.07 Å². The van der Waals surface area contributed by atoms with E-state index in [1.165, 1.54) is 0 Å². The Kier molecular flexibility index (Phi) is 1.75. The summed E-state index contributed by atoms with van der Waals surface area (Å²) in [5, 5.41) is 12.3. The van der Waals surface area contributed by atoms with E-state index in [-0.39, 0.29) is 11.1 Å². The third-order valence-corrected chi connectivity index (χ3v) is 2.00. The number of nitrogens with one attached hydrogen (secondary N) is 1. The molecule has 0 saturated heterocycles. The quantitative estimate of drug-likeness (QED) is 0.418. The average Bonchev–Trinajstić information content (AvgIpc) is 2.41. The molecule has 0 spiro atoms. The van der Waals surface area contributed by atoms with Gasteiger partial charge < -0.3 is 0 Å². The Labute approximate surface area is 81.8 Å². The highest BCUT2D eigenvalue weighted by atomic mass is 19.1. The van der Waals surface area contributed by atoms with Crippen LogP contribution in [0.15, 0.2) is 12.1 Å². The number of nitrogens with zero attached hydrogens (tertiary/aromatic N) is 1. The SMILES string of the molecule is O=C1NC(=O)c2cc([N+](=O)[O-])c(F)cc21. The van der Waals surface area contributed by atoms with E-state index in [1.54, 1.807) is 0 Å². The van der Waals surface area contributed by atoms with Gasteiger partial charge >= 0.3 is 5.69 Å². The van der Waals surface area contributed by atoms with Crippen LogP contribution in [0.25, 0.3) is 0 Å². The number of carbonyl (C=O) groups is 2. The first-order valence-corrected chi connectivity index (χ1v) is 3.84. The van der Waals surface area contributed by atoms with Crippen LogP contribution in [-0.4, -0.2) is 16.7 Å². The fourth-order valence-electron chi connectivity index (χ4n) is 1.32. The Morgan fingerprint density at radius 1 is 1.20 bits per heavy atom. The minimum atomic E-state index is -1.14. The Bertz CT molecular complexity index is 512. The fraction of sp³-hybridized carbons (Fsp3) is 0. The number of imide groups is 1. The predicted octanol–water partition coefficient (Wildman–Crippen LogP) is 0.617. The van der Waals surface area contributed by atoms with Crippen molar-refractivity contribution < 1.29 is 18.9 Å². The molecular weight excluding hydrogens is 207 g/mol. The second-order valence-electron chi connectivity index (χ2n) is 2.89. The van der Waals surface area contributed by atoms with Gasteiger partial charge in [-0.1, -0.05) is 0 Å². The molecule has 1 aliphatic rings.